The summed E-state index contributed by atoms with van der Waals surface area (Å²) in [5, 5.41) is 0. The van der Waals surface area contributed by atoms with Crippen LogP contribution in [0.1, 0.15) is 0 Å². The summed E-state index contributed by atoms with van der Waals surface area (Å²) in [6, 6.07) is 0. The summed E-state index contributed by atoms with van der Waals surface area (Å²) >= 11 is 0. The molecule has 2 radical (unpaired) electrons. The van der Waals surface area contributed by atoms with Crippen molar-refractivity contribution in [3.05, 3.63) is 12.0 Å². The minimum absolute atomic E-state index is 0.141. The van der Waals surface area contributed by atoms with Crippen LogP contribution in [0.4, 0.5) is 0 Å². The van der Waals surface area contributed by atoms with E-state index in [4.69, 9.17) is 4.80 Å². The fourth-order valence-corrected chi connectivity index (χ4v) is 0.295. The maximum absolute atomic E-state index is 8.06. The fourth-order valence-electron chi connectivity index (χ4n) is 0.0985. The molecular formula is C3H6O2Si. The van der Waals surface area contributed by atoms with Crippen molar-refractivity contribution in [2.75, 3.05) is 7.11 Å². The highest BCUT2D eigenvalue weighted by Crippen LogP contribution is 1.64. The van der Waals surface area contributed by atoms with Crippen molar-refractivity contribution in [3.8, 4) is 0 Å². The SMILES string of the molecule is CO/C=C/[Si]O. The first kappa shape index (κ1) is 5.72. The van der Waals surface area contributed by atoms with E-state index in [1.807, 2.05) is 0 Å². The van der Waals surface area contributed by atoms with Crippen LogP contribution in [0.15, 0.2) is 12.0 Å². The molecule has 0 heterocycles. The monoisotopic (exact) mass is 102 g/mol. The molecule has 1 N–H and O–H groups in total. The first-order chi connectivity index (χ1) is 2.91. The Balaban J connectivity index is 2.73. The maximum atomic E-state index is 8.06. The normalized spacial score (nSPS) is 9.67. The molecule has 0 amide bonds. The van der Waals surface area contributed by atoms with Crippen LogP contribution >= 0.6 is 0 Å². The number of ether oxygens (including phenoxy) is 1. The molecule has 0 aliphatic carbocycles. The van der Waals surface area contributed by atoms with Crippen LogP contribution in [-0.2, 0) is 4.74 Å². The maximum Gasteiger partial charge on any atom is 0.260 e. The molecule has 0 unspecified atom stereocenters. The van der Waals surface area contributed by atoms with Gasteiger partial charge in [-0.15, -0.1) is 0 Å². The Morgan fingerprint density at radius 1 is 1.83 bits per heavy atom. The molecule has 0 atom stereocenters. The highest BCUT2D eigenvalue weighted by atomic mass is 28.2. The molecule has 0 aliphatic heterocycles. The second-order valence-corrected chi connectivity index (χ2v) is 1.26. The van der Waals surface area contributed by atoms with Crippen LogP contribution in [0.2, 0.25) is 0 Å². The smallest absolute Gasteiger partial charge is 0.260 e. The molecule has 0 rings (SSSR count). The summed E-state index contributed by atoms with van der Waals surface area (Å²) < 4.78 is 4.45. The summed E-state index contributed by atoms with van der Waals surface area (Å²) in [5.41, 5.74) is 1.54. The van der Waals surface area contributed by atoms with E-state index in [9.17, 15) is 0 Å². The van der Waals surface area contributed by atoms with Gasteiger partial charge in [0, 0.05) is 0 Å². The highest BCUT2D eigenvalue weighted by Gasteiger charge is 1.64. The second kappa shape index (κ2) is 4.72. The van der Waals surface area contributed by atoms with E-state index in [1.165, 1.54) is 13.4 Å². The molecule has 0 aromatic heterocycles. The standard InChI is InChI=1S/C3H6O2Si/c1-5-2-3-6-4/h2-4H,1H3/b3-2+. The van der Waals surface area contributed by atoms with E-state index >= 15 is 0 Å². The molecule has 0 aromatic carbocycles. The molecule has 2 nitrogen and oxygen atoms in total. The van der Waals surface area contributed by atoms with Crippen molar-refractivity contribution in [1.82, 2.24) is 0 Å². The van der Waals surface area contributed by atoms with Gasteiger partial charge in [-0.25, -0.2) is 0 Å². The van der Waals surface area contributed by atoms with Crippen molar-refractivity contribution in [3.63, 3.8) is 0 Å². The average Bonchev–Trinajstić information content (AvgIpc) is 1.61. The van der Waals surface area contributed by atoms with Gasteiger partial charge in [-0.1, -0.05) is 0 Å². The lowest BCUT2D eigenvalue weighted by Gasteiger charge is -1.78. The van der Waals surface area contributed by atoms with E-state index in [1.54, 1.807) is 5.70 Å². The topological polar surface area (TPSA) is 29.5 Å². The van der Waals surface area contributed by atoms with E-state index < -0.39 is 0 Å². The first-order valence-corrected chi connectivity index (χ1v) is 2.51. The van der Waals surface area contributed by atoms with Gasteiger partial charge < -0.3 is 9.53 Å². The Morgan fingerprint density at radius 3 is 2.67 bits per heavy atom. The zero-order valence-corrected chi connectivity index (χ0v) is 4.51. The molecule has 3 heteroatoms. The summed E-state index contributed by atoms with van der Waals surface area (Å²) in [4.78, 5) is 8.06. The molecular weight excluding hydrogens is 96.1 g/mol. The molecule has 0 bridgehead atoms. The first-order valence-electron chi connectivity index (χ1n) is 1.49. The largest absolute Gasteiger partial charge is 0.505 e. The van der Waals surface area contributed by atoms with Gasteiger partial charge in [-0.05, 0) is 5.70 Å². The summed E-state index contributed by atoms with van der Waals surface area (Å²) in [5.74, 6) is 0. The molecule has 0 saturated heterocycles. The van der Waals surface area contributed by atoms with Crippen LogP contribution in [0, 0.1) is 0 Å². The van der Waals surface area contributed by atoms with Gasteiger partial charge in [-0.3, -0.25) is 0 Å². The third-order valence-corrected chi connectivity index (χ3v) is 0.564. The van der Waals surface area contributed by atoms with Crippen molar-refractivity contribution in [2.24, 2.45) is 0 Å². The van der Waals surface area contributed by atoms with Gasteiger partial charge in [0.15, 0.2) is 0 Å². The van der Waals surface area contributed by atoms with E-state index in [2.05, 4.69) is 4.74 Å². The molecule has 6 heavy (non-hydrogen) atoms. The Bertz CT molecular complexity index is 38.1. The molecule has 0 aliphatic rings. The number of methoxy groups -OCH3 is 1. The third-order valence-electron chi connectivity index (χ3n) is 0.279. The Morgan fingerprint density at radius 2 is 2.50 bits per heavy atom. The number of rotatable bonds is 2. The van der Waals surface area contributed by atoms with Crippen molar-refractivity contribution in [2.45, 2.75) is 0 Å². The van der Waals surface area contributed by atoms with Crippen molar-refractivity contribution in [1.29, 1.82) is 0 Å². The van der Waals surface area contributed by atoms with Crippen molar-refractivity contribution >= 4 is 9.76 Å². The lowest BCUT2D eigenvalue weighted by molar-refractivity contribution is 0.338. The number of hydrogen-bond donors (Lipinski definition) is 1. The lowest BCUT2D eigenvalue weighted by Crippen LogP contribution is -1.77. The molecule has 34 valence electrons. The van der Waals surface area contributed by atoms with E-state index in [0.29, 0.717) is 0 Å². The Kier molecular flexibility index (Phi) is 4.49. The lowest BCUT2D eigenvalue weighted by atomic mass is 11.1. The summed E-state index contributed by atoms with van der Waals surface area (Å²) in [7, 11) is 1.40. The quantitative estimate of drug-likeness (QED) is 0.383. The predicted octanol–water partition coefficient (Wildman–Crippen LogP) is -0.285. The second-order valence-electron chi connectivity index (χ2n) is 0.668. The fraction of sp³-hybridized carbons (Fsp3) is 0.333. The minimum Gasteiger partial charge on any atom is -0.505 e. The predicted molar refractivity (Wildman–Crippen MR) is 24.1 cm³/mol. The van der Waals surface area contributed by atoms with Gasteiger partial charge in [0.25, 0.3) is 9.76 Å². The zero-order chi connectivity index (χ0) is 4.83. The summed E-state index contributed by atoms with van der Waals surface area (Å²) in [6.07, 6.45) is 1.44. The van der Waals surface area contributed by atoms with Gasteiger partial charge in [0.1, 0.15) is 0 Å². The van der Waals surface area contributed by atoms with Crippen LogP contribution in [-0.4, -0.2) is 21.7 Å². The molecule has 0 fully saturated rings. The number of hydrogen-bond acceptors (Lipinski definition) is 2. The van der Waals surface area contributed by atoms with E-state index in [-0.39, 0.29) is 9.76 Å². The summed E-state index contributed by atoms with van der Waals surface area (Å²) in [6.45, 7) is 0. The van der Waals surface area contributed by atoms with Crippen molar-refractivity contribution < 1.29 is 9.53 Å². The van der Waals surface area contributed by atoms with Gasteiger partial charge in [0.2, 0.25) is 0 Å². The van der Waals surface area contributed by atoms with Crippen LogP contribution in [0.5, 0.6) is 0 Å². The molecule has 0 aromatic rings. The minimum atomic E-state index is -0.141. The van der Waals surface area contributed by atoms with E-state index in [0.717, 1.165) is 0 Å². The van der Waals surface area contributed by atoms with Crippen LogP contribution in [0.25, 0.3) is 0 Å². The average molecular weight is 102 g/mol. The van der Waals surface area contributed by atoms with Gasteiger partial charge in [0.05, 0.1) is 13.4 Å². The zero-order valence-electron chi connectivity index (χ0n) is 3.51. The highest BCUT2D eigenvalue weighted by molar-refractivity contribution is 6.32. The molecule has 0 saturated carbocycles. The van der Waals surface area contributed by atoms with Gasteiger partial charge >= 0.3 is 0 Å². The molecule has 0 spiro atoms. The van der Waals surface area contributed by atoms with Gasteiger partial charge in [-0.2, -0.15) is 0 Å². The Labute approximate surface area is 39.4 Å². The van der Waals surface area contributed by atoms with Crippen LogP contribution < -0.4 is 0 Å². The van der Waals surface area contributed by atoms with Crippen LogP contribution in [0.3, 0.4) is 0 Å². The third kappa shape index (κ3) is 3.72. The Hall–Kier alpha value is -0.283.